The summed E-state index contributed by atoms with van der Waals surface area (Å²) < 4.78 is 1.02. The topological polar surface area (TPSA) is 20.2 Å². The third kappa shape index (κ3) is 1.54. The first-order valence-electron chi connectivity index (χ1n) is 4.21. The van der Waals surface area contributed by atoms with E-state index in [4.69, 9.17) is 0 Å². The molecule has 1 aromatic rings. The molecule has 0 bridgehead atoms. The molecule has 1 nitrogen and oxygen atoms in total. The Hall–Kier alpha value is -0.340. The zero-order chi connectivity index (χ0) is 8.55. The summed E-state index contributed by atoms with van der Waals surface area (Å²) in [6, 6.07) is 7.88. The van der Waals surface area contributed by atoms with Crippen LogP contribution in [-0.4, -0.2) is 5.11 Å². The third-order valence-electron chi connectivity index (χ3n) is 2.29. The minimum absolute atomic E-state index is 0.263. The van der Waals surface area contributed by atoms with Crippen LogP contribution in [0.2, 0.25) is 0 Å². The molecule has 0 aromatic heterocycles. The van der Waals surface area contributed by atoms with E-state index in [-0.39, 0.29) is 6.10 Å². The van der Waals surface area contributed by atoms with Gasteiger partial charge < -0.3 is 5.11 Å². The largest absolute Gasteiger partial charge is 0.388 e. The second-order valence-electron chi connectivity index (χ2n) is 3.30. The number of rotatable bonds is 2. The third-order valence-corrected chi connectivity index (χ3v) is 3.01. The van der Waals surface area contributed by atoms with Crippen LogP contribution in [0.25, 0.3) is 0 Å². The molecule has 1 atom stereocenters. The Bertz CT molecular complexity index is 281. The van der Waals surface area contributed by atoms with Crippen molar-refractivity contribution in [3.63, 3.8) is 0 Å². The van der Waals surface area contributed by atoms with E-state index < -0.39 is 0 Å². The maximum Gasteiger partial charge on any atom is 0.0829 e. The molecule has 1 aromatic carbocycles. The van der Waals surface area contributed by atoms with Gasteiger partial charge in [-0.25, -0.2) is 0 Å². The van der Waals surface area contributed by atoms with Crippen LogP contribution in [0.4, 0.5) is 0 Å². The van der Waals surface area contributed by atoms with E-state index in [0.717, 1.165) is 10.0 Å². The fourth-order valence-electron chi connectivity index (χ4n) is 1.38. The summed E-state index contributed by atoms with van der Waals surface area (Å²) in [5.41, 5.74) is 1.03. The summed E-state index contributed by atoms with van der Waals surface area (Å²) in [6.07, 6.45) is 2.07. The number of aliphatic hydroxyl groups excluding tert-OH is 1. The molecule has 12 heavy (non-hydrogen) atoms. The molecule has 2 rings (SSSR count). The van der Waals surface area contributed by atoms with E-state index >= 15 is 0 Å². The Morgan fingerprint density at radius 1 is 1.33 bits per heavy atom. The molecule has 1 aliphatic rings. The van der Waals surface area contributed by atoms with E-state index in [1.54, 1.807) is 0 Å². The van der Waals surface area contributed by atoms with Crippen LogP contribution in [0.15, 0.2) is 28.7 Å². The average molecular weight is 227 g/mol. The number of halogens is 1. The quantitative estimate of drug-likeness (QED) is 0.823. The summed E-state index contributed by atoms with van der Waals surface area (Å²) in [7, 11) is 0. The van der Waals surface area contributed by atoms with Gasteiger partial charge >= 0.3 is 0 Å². The zero-order valence-electron chi connectivity index (χ0n) is 6.70. The SMILES string of the molecule is O[C@H](c1ccccc1Br)C1CC1. The number of hydrogen-bond donors (Lipinski definition) is 1. The maximum absolute atomic E-state index is 9.81. The first-order chi connectivity index (χ1) is 5.79. The summed E-state index contributed by atoms with van der Waals surface area (Å²) in [5, 5.41) is 9.81. The van der Waals surface area contributed by atoms with E-state index in [1.807, 2.05) is 24.3 Å². The summed E-state index contributed by atoms with van der Waals surface area (Å²) >= 11 is 3.43. The molecule has 0 spiro atoms. The van der Waals surface area contributed by atoms with Crippen molar-refractivity contribution in [2.45, 2.75) is 18.9 Å². The van der Waals surface area contributed by atoms with Crippen LogP contribution in [0.5, 0.6) is 0 Å². The average Bonchev–Trinajstić information content (AvgIpc) is 2.86. The molecule has 2 heteroatoms. The normalized spacial score (nSPS) is 19.2. The van der Waals surface area contributed by atoms with Crippen molar-refractivity contribution in [3.8, 4) is 0 Å². The Morgan fingerprint density at radius 3 is 2.58 bits per heavy atom. The predicted octanol–water partition coefficient (Wildman–Crippen LogP) is 2.89. The van der Waals surface area contributed by atoms with Crippen molar-refractivity contribution < 1.29 is 5.11 Å². The lowest BCUT2D eigenvalue weighted by molar-refractivity contribution is 0.153. The molecular formula is C10H11BrO. The molecule has 1 N–H and O–H groups in total. The lowest BCUT2D eigenvalue weighted by Gasteiger charge is -2.10. The standard InChI is InChI=1S/C10H11BrO/c11-9-4-2-1-3-8(9)10(12)7-5-6-7/h1-4,7,10,12H,5-6H2/t10-/m0/s1. The molecule has 1 aliphatic carbocycles. The van der Waals surface area contributed by atoms with Crippen molar-refractivity contribution in [3.05, 3.63) is 34.3 Å². The Labute approximate surface area is 80.5 Å². The molecule has 0 aliphatic heterocycles. The highest BCUT2D eigenvalue weighted by molar-refractivity contribution is 9.10. The second kappa shape index (κ2) is 3.19. The fraction of sp³-hybridized carbons (Fsp3) is 0.400. The first-order valence-corrected chi connectivity index (χ1v) is 5.01. The van der Waals surface area contributed by atoms with Gasteiger partial charge in [0, 0.05) is 4.47 Å². The first kappa shape index (κ1) is 8.27. The predicted molar refractivity (Wildman–Crippen MR) is 51.8 cm³/mol. The summed E-state index contributed by atoms with van der Waals surface area (Å²) in [5.74, 6) is 0.503. The van der Waals surface area contributed by atoms with Gasteiger partial charge in [-0.1, -0.05) is 34.1 Å². The van der Waals surface area contributed by atoms with Gasteiger partial charge in [-0.15, -0.1) is 0 Å². The van der Waals surface area contributed by atoms with Gasteiger partial charge in [-0.2, -0.15) is 0 Å². The smallest absolute Gasteiger partial charge is 0.0829 e. The van der Waals surface area contributed by atoms with Gasteiger partial charge in [0.1, 0.15) is 0 Å². The van der Waals surface area contributed by atoms with Crippen molar-refractivity contribution in [2.75, 3.05) is 0 Å². The lowest BCUT2D eigenvalue weighted by atomic mass is 10.1. The van der Waals surface area contributed by atoms with Gasteiger partial charge in [0.05, 0.1) is 6.10 Å². The fourth-order valence-corrected chi connectivity index (χ4v) is 1.90. The van der Waals surface area contributed by atoms with Crippen LogP contribution in [-0.2, 0) is 0 Å². The van der Waals surface area contributed by atoms with Gasteiger partial charge in [0.2, 0.25) is 0 Å². The summed E-state index contributed by atoms with van der Waals surface area (Å²) in [4.78, 5) is 0. The molecule has 0 amide bonds. The van der Waals surface area contributed by atoms with E-state index in [2.05, 4.69) is 15.9 Å². The van der Waals surface area contributed by atoms with Crippen molar-refractivity contribution >= 4 is 15.9 Å². The van der Waals surface area contributed by atoms with Gasteiger partial charge in [0.15, 0.2) is 0 Å². The van der Waals surface area contributed by atoms with Crippen LogP contribution in [0, 0.1) is 5.92 Å². The van der Waals surface area contributed by atoms with Crippen LogP contribution in [0.3, 0.4) is 0 Å². The second-order valence-corrected chi connectivity index (χ2v) is 4.16. The van der Waals surface area contributed by atoms with Crippen molar-refractivity contribution in [2.24, 2.45) is 5.92 Å². The highest BCUT2D eigenvalue weighted by atomic mass is 79.9. The maximum atomic E-state index is 9.81. The molecule has 0 heterocycles. The zero-order valence-corrected chi connectivity index (χ0v) is 8.29. The van der Waals surface area contributed by atoms with Crippen LogP contribution in [0.1, 0.15) is 24.5 Å². The van der Waals surface area contributed by atoms with Crippen molar-refractivity contribution in [1.29, 1.82) is 0 Å². The molecule has 1 fully saturated rings. The summed E-state index contributed by atoms with van der Waals surface area (Å²) in [6.45, 7) is 0. The Kier molecular flexibility index (Phi) is 2.20. The number of aliphatic hydroxyl groups is 1. The van der Waals surface area contributed by atoms with E-state index in [1.165, 1.54) is 12.8 Å². The van der Waals surface area contributed by atoms with Crippen LogP contribution < -0.4 is 0 Å². The Morgan fingerprint density at radius 2 is 2.00 bits per heavy atom. The van der Waals surface area contributed by atoms with E-state index in [9.17, 15) is 5.11 Å². The molecular weight excluding hydrogens is 216 g/mol. The highest BCUT2D eigenvalue weighted by Gasteiger charge is 2.31. The molecule has 0 unspecified atom stereocenters. The van der Waals surface area contributed by atoms with Gasteiger partial charge in [-0.05, 0) is 30.4 Å². The number of benzene rings is 1. The highest BCUT2D eigenvalue weighted by Crippen LogP contribution is 2.42. The number of hydrogen-bond acceptors (Lipinski definition) is 1. The molecule has 0 radical (unpaired) electrons. The lowest BCUT2D eigenvalue weighted by Crippen LogP contribution is -1.99. The molecule has 0 saturated heterocycles. The van der Waals surface area contributed by atoms with Gasteiger partial charge in [0.25, 0.3) is 0 Å². The van der Waals surface area contributed by atoms with Crippen LogP contribution >= 0.6 is 15.9 Å². The molecule has 64 valence electrons. The minimum atomic E-state index is -0.263. The molecule has 1 saturated carbocycles. The minimum Gasteiger partial charge on any atom is -0.388 e. The van der Waals surface area contributed by atoms with E-state index in [0.29, 0.717) is 5.92 Å². The van der Waals surface area contributed by atoms with Crippen molar-refractivity contribution in [1.82, 2.24) is 0 Å². The Balaban J connectivity index is 2.25. The monoisotopic (exact) mass is 226 g/mol. The van der Waals surface area contributed by atoms with Gasteiger partial charge in [-0.3, -0.25) is 0 Å².